The average molecular weight is 308 g/mol. The molecule has 2 N–H and O–H groups in total. The largest absolute Gasteiger partial charge is 0.300 e. The summed E-state index contributed by atoms with van der Waals surface area (Å²) in [7, 11) is -3.86. The smallest absolute Gasteiger partial charge is 0.273 e. The third-order valence-electron chi connectivity index (χ3n) is 3.35. The van der Waals surface area contributed by atoms with E-state index in [9.17, 15) is 8.42 Å². The SMILES string of the molecule is CCCn1c(Cc2cc(C)ccc2C)nnc1S(N)(=O)=O. The van der Waals surface area contributed by atoms with E-state index < -0.39 is 10.0 Å². The van der Waals surface area contributed by atoms with Crippen molar-refractivity contribution < 1.29 is 8.42 Å². The Kier molecular flexibility index (Phi) is 4.43. The van der Waals surface area contributed by atoms with Gasteiger partial charge in [-0.05, 0) is 31.4 Å². The van der Waals surface area contributed by atoms with Gasteiger partial charge in [0.25, 0.3) is 15.2 Å². The van der Waals surface area contributed by atoms with Gasteiger partial charge in [-0.15, -0.1) is 10.2 Å². The topological polar surface area (TPSA) is 90.9 Å². The van der Waals surface area contributed by atoms with E-state index in [-0.39, 0.29) is 5.16 Å². The molecule has 114 valence electrons. The van der Waals surface area contributed by atoms with Gasteiger partial charge in [0.1, 0.15) is 5.82 Å². The fourth-order valence-electron chi connectivity index (χ4n) is 2.27. The molecule has 1 aromatic heterocycles. The van der Waals surface area contributed by atoms with Gasteiger partial charge in [0, 0.05) is 13.0 Å². The van der Waals surface area contributed by atoms with E-state index in [4.69, 9.17) is 5.14 Å². The molecule has 0 unspecified atom stereocenters. The van der Waals surface area contributed by atoms with E-state index in [0.717, 1.165) is 23.1 Å². The van der Waals surface area contributed by atoms with Crippen molar-refractivity contribution in [3.8, 4) is 0 Å². The average Bonchev–Trinajstić information content (AvgIpc) is 2.77. The van der Waals surface area contributed by atoms with E-state index in [1.807, 2.05) is 32.9 Å². The lowest BCUT2D eigenvalue weighted by atomic mass is 10.0. The second-order valence-corrected chi connectivity index (χ2v) is 6.66. The third-order valence-corrected chi connectivity index (χ3v) is 4.16. The van der Waals surface area contributed by atoms with Crippen LogP contribution in [0.4, 0.5) is 0 Å². The number of sulfonamides is 1. The van der Waals surface area contributed by atoms with Crippen molar-refractivity contribution in [3.63, 3.8) is 0 Å². The van der Waals surface area contributed by atoms with Crippen molar-refractivity contribution in [3.05, 3.63) is 40.7 Å². The summed E-state index contributed by atoms with van der Waals surface area (Å²) in [6.45, 7) is 6.54. The fourth-order valence-corrected chi connectivity index (χ4v) is 2.93. The highest BCUT2D eigenvalue weighted by molar-refractivity contribution is 7.89. The standard InChI is InChI=1S/C14H20N4O2S/c1-4-7-18-13(16-17-14(18)21(15,19)20)9-12-8-10(2)5-6-11(12)3/h5-6,8H,4,7,9H2,1-3H3,(H2,15,19,20). The van der Waals surface area contributed by atoms with Crippen LogP contribution in [0.2, 0.25) is 0 Å². The Morgan fingerprint density at radius 1 is 1.24 bits per heavy atom. The maximum Gasteiger partial charge on any atom is 0.273 e. The molecule has 7 heteroatoms. The molecule has 0 aliphatic carbocycles. The molecule has 0 amide bonds. The van der Waals surface area contributed by atoms with Gasteiger partial charge in [-0.1, -0.05) is 30.7 Å². The summed E-state index contributed by atoms with van der Waals surface area (Å²) in [6.07, 6.45) is 1.32. The van der Waals surface area contributed by atoms with Crippen molar-refractivity contribution in [2.45, 2.75) is 45.3 Å². The van der Waals surface area contributed by atoms with Crippen molar-refractivity contribution in [2.24, 2.45) is 5.14 Å². The van der Waals surface area contributed by atoms with Gasteiger partial charge in [-0.3, -0.25) is 0 Å². The Morgan fingerprint density at radius 2 is 1.95 bits per heavy atom. The summed E-state index contributed by atoms with van der Waals surface area (Å²) in [5, 5.41) is 12.8. The molecule has 21 heavy (non-hydrogen) atoms. The summed E-state index contributed by atoms with van der Waals surface area (Å²) in [4.78, 5) is 0. The van der Waals surface area contributed by atoms with Gasteiger partial charge in [-0.25, -0.2) is 13.6 Å². The number of benzene rings is 1. The number of primary sulfonamides is 1. The second kappa shape index (κ2) is 5.95. The zero-order valence-electron chi connectivity index (χ0n) is 12.5. The molecule has 2 aromatic rings. The van der Waals surface area contributed by atoms with Gasteiger partial charge in [-0.2, -0.15) is 0 Å². The van der Waals surface area contributed by atoms with E-state index in [1.165, 1.54) is 0 Å². The van der Waals surface area contributed by atoms with Crippen LogP contribution in [0.1, 0.15) is 35.9 Å². The summed E-state index contributed by atoms with van der Waals surface area (Å²) in [6, 6.07) is 6.17. The highest BCUT2D eigenvalue weighted by atomic mass is 32.2. The summed E-state index contributed by atoms with van der Waals surface area (Å²) < 4.78 is 24.7. The first-order chi connectivity index (χ1) is 9.82. The third kappa shape index (κ3) is 3.48. The number of nitrogens with two attached hydrogens (primary N) is 1. The molecular formula is C14H20N4O2S. The molecule has 0 bridgehead atoms. The minimum Gasteiger partial charge on any atom is -0.300 e. The molecule has 1 aromatic carbocycles. The molecule has 0 atom stereocenters. The van der Waals surface area contributed by atoms with E-state index >= 15 is 0 Å². The lowest BCUT2D eigenvalue weighted by Crippen LogP contribution is -2.19. The van der Waals surface area contributed by atoms with Crippen LogP contribution in [-0.4, -0.2) is 23.2 Å². The molecule has 0 radical (unpaired) electrons. The van der Waals surface area contributed by atoms with Crippen molar-refractivity contribution in [1.29, 1.82) is 0 Å². The molecule has 2 rings (SSSR count). The van der Waals surface area contributed by atoms with Gasteiger partial charge >= 0.3 is 0 Å². The summed E-state index contributed by atoms with van der Waals surface area (Å²) >= 11 is 0. The van der Waals surface area contributed by atoms with E-state index in [0.29, 0.717) is 18.8 Å². The van der Waals surface area contributed by atoms with Crippen LogP contribution in [-0.2, 0) is 23.0 Å². The Bertz CT molecular complexity index is 750. The lowest BCUT2D eigenvalue weighted by Gasteiger charge is -2.10. The Morgan fingerprint density at radius 3 is 2.57 bits per heavy atom. The Hall–Kier alpha value is -1.73. The maximum absolute atomic E-state index is 11.6. The van der Waals surface area contributed by atoms with Gasteiger partial charge in [0.05, 0.1) is 0 Å². The van der Waals surface area contributed by atoms with Crippen LogP contribution in [0.25, 0.3) is 0 Å². The van der Waals surface area contributed by atoms with Crippen LogP contribution in [0.15, 0.2) is 23.4 Å². The molecule has 6 nitrogen and oxygen atoms in total. The highest BCUT2D eigenvalue weighted by Gasteiger charge is 2.21. The Balaban J connectivity index is 2.45. The molecule has 0 saturated carbocycles. The minimum atomic E-state index is -3.86. The van der Waals surface area contributed by atoms with E-state index in [1.54, 1.807) is 4.57 Å². The first-order valence-electron chi connectivity index (χ1n) is 6.84. The predicted molar refractivity (Wildman–Crippen MR) is 80.4 cm³/mol. The minimum absolute atomic E-state index is 0.162. The number of hydrogen-bond acceptors (Lipinski definition) is 4. The number of nitrogens with zero attached hydrogens (tertiary/aromatic N) is 3. The van der Waals surface area contributed by atoms with Crippen molar-refractivity contribution in [2.75, 3.05) is 0 Å². The molecule has 1 heterocycles. The lowest BCUT2D eigenvalue weighted by molar-refractivity contribution is 0.550. The Labute approximate surface area is 125 Å². The number of aromatic nitrogens is 3. The van der Waals surface area contributed by atoms with Gasteiger partial charge < -0.3 is 4.57 Å². The number of rotatable bonds is 5. The first-order valence-corrected chi connectivity index (χ1v) is 8.38. The molecule has 0 aliphatic heterocycles. The maximum atomic E-state index is 11.6. The zero-order chi connectivity index (χ0) is 15.6. The zero-order valence-corrected chi connectivity index (χ0v) is 13.3. The van der Waals surface area contributed by atoms with Crippen LogP contribution in [0.5, 0.6) is 0 Å². The van der Waals surface area contributed by atoms with Crippen LogP contribution in [0, 0.1) is 13.8 Å². The highest BCUT2D eigenvalue weighted by Crippen LogP contribution is 2.17. The monoisotopic (exact) mass is 308 g/mol. The first kappa shape index (κ1) is 15.7. The van der Waals surface area contributed by atoms with Crippen LogP contribution < -0.4 is 5.14 Å². The van der Waals surface area contributed by atoms with E-state index in [2.05, 4.69) is 16.3 Å². The normalized spacial score (nSPS) is 11.8. The molecule has 0 aliphatic rings. The molecule has 0 saturated heterocycles. The fraction of sp³-hybridized carbons (Fsp3) is 0.429. The summed E-state index contributed by atoms with van der Waals surface area (Å²) in [5.41, 5.74) is 3.41. The van der Waals surface area contributed by atoms with Gasteiger partial charge in [0.2, 0.25) is 0 Å². The predicted octanol–water partition coefficient (Wildman–Crippen LogP) is 1.54. The number of aryl methyl sites for hydroxylation is 2. The summed E-state index contributed by atoms with van der Waals surface area (Å²) in [5.74, 6) is 0.620. The van der Waals surface area contributed by atoms with Crippen molar-refractivity contribution >= 4 is 10.0 Å². The number of hydrogen-bond donors (Lipinski definition) is 1. The molecule has 0 spiro atoms. The molecule has 0 fully saturated rings. The van der Waals surface area contributed by atoms with Crippen LogP contribution >= 0.6 is 0 Å². The van der Waals surface area contributed by atoms with Crippen LogP contribution in [0.3, 0.4) is 0 Å². The van der Waals surface area contributed by atoms with Crippen molar-refractivity contribution in [1.82, 2.24) is 14.8 Å². The second-order valence-electron chi connectivity index (χ2n) is 5.20. The molecular weight excluding hydrogens is 288 g/mol. The quantitative estimate of drug-likeness (QED) is 0.907. The van der Waals surface area contributed by atoms with Gasteiger partial charge in [0.15, 0.2) is 0 Å².